The fourth-order valence-corrected chi connectivity index (χ4v) is 4.98. The molecule has 0 aromatic carbocycles. The van der Waals surface area contributed by atoms with Crippen molar-refractivity contribution in [1.29, 1.82) is 0 Å². The zero-order chi connectivity index (χ0) is 19.3. The first-order valence-corrected chi connectivity index (χ1v) is 11.2. The SMILES string of the molecule is CN=C(NCC(C)(C)c1cccs1)NC1CCN(C(=O)C2CCCCC2)C1.I. The third-order valence-corrected chi connectivity index (χ3v) is 7.14. The summed E-state index contributed by atoms with van der Waals surface area (Å²) >= 11 is 1.79. The maximum atomic E-state index is 12.7. The van der Waals surface area contributed by atoms with Crippen molar-refractivity contribution in [3.05, 3.63) is 22.4 Å². The van der Waals surface area contributed by atoms with Crippen molar-refractivity contribution in [2.24, 2.45) is 10.9 Å². The van der Waals surface area contributed by atoms with Gasteiger partial charge in [-0.3, -0.25) is 9.79 Å². The Balaban J connectivity index is 0.00000280. The third kappa shape index (κ3) is 6.08. The highest BCUT2D eigenvalue weighted by molar-refractivity contribution is 14.0. The predicted molar refractivity (Wildman–Crippen MR) is 129 cm³/mol. The number of nitrogens with one attached hydrogen (secondary N) is 2. The normalized spacial score (nSPS) is 21.3. The van der Waals surface area contributed by atoms with Crippen molar-refractivity contribution in [1.82, 2.24) is 15.5 Å². The van der Waals surface area contributed by atoms with Gasteiger partial charge in [0.2, 0.25) is 5.91 Å². The van der Waals surface area contributed by atoms with Crippen LogP contribution in [0.1, 0.15) is 57.2 Å². The van der Waals surface area contributed by atoms with E-state index >= 15 is 0 Å². The molecule has 3 rings (SSSR count). The second-order valence-electron chi connectivity index (χ2n) is 8.54. The van der Waals surface area contributed by atoms with E-state index in [1.54, 1.807) is 11.3 Å². The monoisotopic (exact) mass is 518 g/mol. The van der Waals surface area contributed by atoms with Crippen molar-refractivity contribution in [2.45, 2.75) is 63.8 Å². The Bertz CT molecular complexity index is 641. The van der Waals surface area contributed by atoms with Gasteiger partial charge in [0.15, 0.2) is 5.96 Å². The van der Waals surface area contributed by atoms with Gasteiger partial charge < -0.3 is 15.5 Å². The van der Waals surface area contributed by atoms with Crippen LogP contribution >= 0.6 is 35.3 Å². The number of thiophene rings is 1. The number of hydrogen-bond acceptors (Lipinski definition) is 3. The minimum absolute atomic E-state index is 0. The summed E-state index contributed by atoms with van der Waals surface area (Å²) in [5.74, 6) is 1.47. The van der Waals surface area contributed by atoms with Gasteiger partial charge in [0.1, 0.15) is 0 Å². The molecule has 1 aromatic rings. The summed E-state index contributed by atoms with van der Waals surface area (Å²) in [6.45, 7) is 6.98. The highest BCUT2D eigenvalue weighted by Crippen LogP contribution is 2.27. The largest absolute Gasteiger partial charge is 0.356 e. The lowest BCUT2D eigenvalue weighted by atomic mass is 9.88. The van der Waals surface area contributed by atoms with E-state index in [0.29, 0.717) is 5.91 Å². The van der Waals surface area contributed by atoms with Crippen LogP contribution in [0, 0.1) is 5.92 Å². The van der Waals surface area contributed by atoms with Gasteiger partial charge in [0.05, 0.1) is 0 Å². The number of rotatable bonds is 5. The molecule has 0 spiro atoms. The van der Waals surface area contributed by atoms with E-state index in [-0.39, 0.29) is 41.4 Å². The molecular weight excluding hydrogens is 483 g/mol. The van der Waals surface area contributed by atoms with E-state index in [9.17, 15) is 4.79 Å². The van der Waals surface area contributed by atoms with Crippen LogP contribution in [0.3, 0.4) is 0 Å². The first kappa shape index (κ1) is 23.4. The molecule has 1 aliphatic carbocycles. The molecule has 1 aromatic heterocycles. The maximum Gasteiger partial charge on any atom is 0.225 e. The molecule has 1 amide bonds. The Labute approximate surface area is 190 Å². The Morgan fingerprint density at radius 1 is 1.29 bits per heavy atom. The van der Waals surface area contributed by atoms with Gasteiger partial charge in [0, 0.05) is 48.9 Å². The van der Waals surface area contributed by atoms with E-state index in [2.05, 4.69) is 51.9 Å². The Kier molecular flexibility index (Phi) is 9.05. The van der Waals surface area contributed by atoms with Crippen LogP contribution in [-0.4, -0.2) is 49.5 Å². The summed E-state index contributed by atoms with van der Waals surface area (Å²) < 4.78 is 0. The van der Waals surface area contributed by atoms with E-state index in [1.807, 2.05) is 7.05 Å². The molecule has 158 valence electrons. The van der Waals surface area contributed by atoms with Crippen LogP contribution in [0.25, 0.3) is 0 Å². The van der Waals surface area contributed by atoms with Crippen molar-refractivity contribution in [3.63, 3.8) is 0 Å². The molecule has 2 N–H and O–H groups in total. The molecule has 0 radical (unpaired) electrons. The molecule has 5 nitrogen and oxygen atoms in total. The Morgan fingerprint density at radius 3 is 2.68 bits per heavy atom. The number of carbonyl (C=O) groups excluding carboxylic acids is 1. The number of carbonyl (C=O) groups is 1. The highest BCUT2D eigenvalue weighted by Gasteiger charge is 2.32. The van der Waals surface area contributed by atoms with Crippen molar-refractivity contribution < 1.29 is 4.79 Å². The molecule has 7 heteroatoms. The number of hydrogen-bond donors (Lipinski definition) is 2. The van der Waals surface area contributed by atoms with E-state index in [4.69, 9.17) is 0 Å². The zero-order valence-corrected chi connectivity index (χ0v) is 20.5. The van der Waals surface area contributed by atoms with Gasteiger partial charge in [0.25, 0.3) is 0 Å². The van der Waals surface area contributed by atoms with Gasteiger partial charge in [-0.05, 0) is 30.7 Å². The van der Waals surface area contributed by atoms with Crippen LogP contribution in [0.15, 0.2) is 22.5 Å². The van der Waals surface area contributed by atoms with E-state index in [1.165, 1.54) is 24.1 Å². The lowest BCUT2D eigenvalue weighted by molar-refractivity contribution is -0.135. The second kappa shape index (κ2) is 10.8. The average Bonchev–Trinajstić information content (AvgIpc) is 3.37. The molecule has 1 atom stereocenters. The highest BCUT2D eigenvalue weighted by atomic mass is 127. The standard InChI is InChI=1S/C21H34N4OS.HI/c1-21(2,18-10-7-13-27-18)15-23-20(22-3)24-17-11-12-25(14-17)19(26)16-8-5-4-6-9-16;/h7,10,13,16-17H,4-6,8-9,11-12,14-15H2,1-3H3,(H2,22,23,24);1H. The van der Waals surface area contributed by atoms with Gasteiger partial charge in [-0.1, -0.05) is 39.2 Å². The van der Waals surface area contributed by atoms with Crippen LogP contribution in [-0.2, 0) is 10.2 Å². The first-order valence-electron chi connectivity index (χ1n) is 10.3. The van der Waals surface area contributed by atoms with Gasteiger partial charge in [-0.2, -0.15) is 0 Å². The molecule has 1 saturated carbocycles. The molecule has 28 heavy (non-hydrogen) atoms. The minimum Gasteiger partial charge on any atom is -0.356 e. The summed E-state index contributed by atoms with van der Waals surface area (Å²) in [5, 5.41) is 9.12. The molecular formula is C21H35IN4OS. The van der Waals surface area contributed by atoms with Crippen molar-refractivity contribution >= 4 is 47.2 Å². The molecule has 2 fully saturated rings. The summed E-state index contributed by atoms with van der Waals surface area (Å²) in [6.07, 6.45) is 6.86. The van der Waals surface area contributed by atoms with Crippen LogP contribution < -0.4 is 10.6 Å². The second-order valence-corrected chi connectivity index (χ2v) is 9.48. The van der Waals surface area contributed by atoms with Crippen LogP contribution in [0.2, 0.25) is 0 Å². The minimum atomic E-state index is 0. The molecule has 2 heterocycles. The lowest BCUT2D eigenvalue weighted by Gasteiger charge is -2.27. The third-order valence-electron chi connectivity index (χ3n) is 5.90. The van der Waals surface area contributed by atoms with Crippen molar-refractivity contribution in [3.8, 4) is 0 Å². The zero-order valence-electron chi connectivity index (χ0n) is 17.4. The number of halogens is 1. The number of nitrogens with zero attached hydrogens (tertiary/aromatic N) is 2. The van der Waals surface area contributed by atoms with Gasteiger partial charge >= 0.3 is 0 Å². The van der Waals surface area contributed by atoms with Gasteiger partial charge in [-0.25, -0.2) is 0 Å². The maximum absolute atomic E-state index is 12.7. The number of guanidine groups is 1. The number of amides is 1. The van der Waals surface area contributed by atoms with E-state index < -0.39 is 0 Å². The van der Waals surface area contributed by atoms with E-state index in [0.717, 1.165) is 44.9 Å². The average molecular weight is 519 g/mol. The quantitative estimate of drug-likeness (QED) is 0.352. The van der Waals surface area contributed by atoms with Crippen molar-refractivity contribution in [2.75, 3.05) is 26.7 Å². The van der Waals surface area contributed by atoms with Crippen LogP contribution in [0.4, 0.5) is 0 Å². The topological polar surface area (TPSA) is 56.7 Å². The summed E-state index contributed by atoms with van der Waals surface area (Å²) in [4.78, 5) is 20.6. The molecule has 1 saturated heterocycles. The lowest BCUT2D eigenvalue weighted by Crippen LogP contribution is -2.48. The summed E-state index contributed by atoms with van der Waals surface area (Å²) in [5.41, 5.74) is 0.0600. The predicted octanol–water partition coefficient (Wildman–Crippen LogP) is 3.99. The molecule has 2 aliphatic rings. The smallest absolute Gasteiger partial charge is 0.225 e. The fraction of sp³-hybridized carbons (Fsp3) is 0.714. The summed E-state index contributed by atoms with van der Waals surface area (Å²) in [7, 11) is 1.81. The van der Waals surface area contributed by atoms with Gasteiger partial charge in [-0.15, -0.1) is 35.3 Å². The molecule has 1 aliphatic heterocycles. The Morgan fingerprint density at radius 2 is 2.04 bits per heavy atom. The molecule has 1 unspecified atom stereocenters. The number of likely N-dealkylation sites (tertiary alicyclic amines) is 1. The summed E-state index contributed by atoms with van der Waals surface area (Å²) in [6, 6.07) is 4.58. The van der Waals surface area contributed by atoms with Crippen LogP contribution in [0.5, 0.6) is 0 Å². The fourth-order valence-electron chi connectivity index (χ4n) is 4.13. The number of aliphatic imine (C=N–C) groups is 1. The Hall–Kier alpha value is -0.830. The first-order chi connectivity index (χ1) is 13.0. The molecule has 0 bridgehead atoms.